The standard InChI is InChI=1S/C21H22N6O2/c1-15-4-2-5-16(10-15)11-19(28)22-7-8-27-21-18(13-26-27)20(24-14-25-21)23-12-17-6-3-9-29-17/h2-6,9-10,13-14H,7-8,11-12H2,1H3,(H,22,28)(H,23,24,25). The Morgan fingerprint density at radius 1 is 1.21 bits per heavy atom. The molecule has 3 aromatic heterocycles. The van der Waals surface area contributed by atoms with Gasteiger partial charge in [0.25, 0.3) is 0 Å². The summed E-state index contributed by atoms with van der Waals surface area (Å²) in [5, 5.41) is 11.4. The number of hydrogen-bond donors (Lipinski definition) is 2. The molecule has 0 spiro atoms. The normalized spacial score (nSPS) is 10.9. The molecular weight excluding hydrogens is 368 g/mol. The number of aryl methyl sites for hydroxylation is 1. The summed E-state index contributed by atoms with van der Waals surface area (Å²) < 4.78 is 7.10. The lowest BCUT2D eigenvalue weighted by Crippen LogP contribution is -2.28. The third kappa shape index (κ3) is 4.60. The molecule has 4 aromatic rings. The number of nitrogens with zero attached hydrogens (tertiary/aromatic N) is 4. The topological polar surface area (TPSA) is 97.9 Å². The maximum absolute atomic E-state index is 12.2. The number of benzene rings is 1. The summed E-state index contributed by atoms with van der Waals surface area (Å²) >= 11 is 0. The number of hydrogen-bond acceptors (Lipinski definition) is 6. The molecule has 4 rings (SSSR count). The highest BCUT2D eigenvalue weighted by atomic mass is 16.3. The molecule has 0 saturated carbocycles. The van der Waals surface area contributed by atoms with Crippen molar-refractivity contribution < 1.29 is 9.21 Å². The van der Waals surface area contributed by atoms with Crippen molar-refractivity contribution in [2.24, 2.45) is 0 Å². The Morgan fingerprint density at radius 2 is 2.14 bits per heavy atom. The molecule has 8 nitrogen and oxygen atoms in total. The molecule has 0 saturated heterocycles. The van der Waals surface area contributed by atoms with Crippen molar-refractivity contribution in [2.75, 3.05) is 11.9 Å². The highest BCUT2D eigenvalue weighted by molar-refractivity contribution is 5.86. The minimum absolute atomic E-state index is 0.0116. The van der Waals surface area contributed by atoms with Gasteiger partial charge in [-0.1, -0.05) is 29.8 Å². The predicted molar refractivity (Wildman–Crippen MR) is 109 cm³/mol. The number of aromatic nitrogens is 4. The predicted octanol–water partition coefficient (Wildman–Crippen LogP) is 2.70. The van der Waals surface area contributed by atoms with Gasteiger partial charge in [0.2, 0.25) is 5.91 Å². The van der Waals surface area contributed by atoms with Gasteiger partial charge in [-0.2, -0.15) is 5.10 Å². The van der Waals surface area contributed by atoms with Gasteiger partial charge in [0.05, 0.1) is 37.4 Å². The van der Waals surface area contributed by atoms with Crippen molar-refractivity contribution in [3.8, 4) is 0 Å². The summed E-state index contributed by atoms with van der Waals surface area (Å²) in [6, 6.07) is 11.7. The van der Waals surface area contributed by atoms with E-state index in [4.69, 9.17) is 4.42 Å². The van der Waals surface area contributed by atoms with Crippen LogP contribution in [0.4, 0.5) is 5.82 Å². The smallest absolute Gasteiger partial charge is 0.224 e. The van der Waals surface area contributed by atoms with E-state index >= 15 is 0 Å². The van der Waals surface area contributed by atoms with Gasteiger partial charge in [-0.25, -0.2) is 14.6 Å². The molecule has 0 bridgehead atoms. The molecule has 0 atom stereocenters. The zero-order valence-corrected chi connectivity index (χ0v) is 16.1. The molecule has 1 aromatic carbocycles. The van der Waals surface area contributed by atoms with Crippen LogP contribution in [-0.4, -0.2) is 32.2 Å². The van der Waals surface area contributed by atoms with Crippen LogP contribution in [0.25, 0.3) is 11.0 Å². The van der Waals surface area contributed by atoms with Crippen LogP contribution in [0.1, 0.15) is 16.9 Å². The molecule has 2 N–H and O–H groups in total. The second-order valence-corrected chi connectivity index (χ2v) is 6.78. The van der Waals surface area contributed by atoms with Gasteiger partial charge in [0, 0.05) is 6.54 Å². The zero-order valence-electron chi connectivity index (χ0n) is 16.1. The fraction of sp³-hybridized carbons (Fsp3) is 0.238. The van der Waals surface area contributed by atoms with E-state index < -0.39 is 0 Å². The van der Waals surface area contributed by atoms with Gasteiger partial charge in [-0.15, -0.1) is 0 Å². The fourth-order valence-corrected chi connectivity index (χ4v) is 3.15. The Labute approximate surface area is 168 Å². The Balaban J connectivity index is 1.35. The van der Waals surface area contributed by atoms with Crippen LogP contribution < -0.4 is 10.6 Å². The molecule has 0 aliphatic rings. The second-order valence-electron chi connectivity index (χ2n) is 6.78. The minimum atomic E-state index is -0.0116. The molecule has 0 fully saturated rings. The van der Waals surface area contributed by atoms with Gasteiger partial charge in [0.15, 0.2) is 5.65 Å². The lowest BCUT2D eigenvalue weighted by Gasteiger charge is -2.07. The average Bonchev–Trinajstić information content (AvgIpc) is 3.37. The Bertz CT molecular complexity index is 1100. The van der Waals surface area contributed by atoms with Crippen molar-refractivity contribution in [2.45, 2.75) is 26.4 Å². The van der Waals surface area contributed by atoms with E-state index in [0.29, 0.717) is 31.9 Å². The summed E-state index contributed by atoms with van der Waals surface area (Å²) in [5.41, 5.74) is 2.87. The Morgan fingerprint density at radius 3 is 2.97 bits per heavy atom. The van der Waals surface area contributed by atoms with Crippen LogP contribution >= 0.6 is 0 Å². The van der Waals surface area contributed by atoms with Gasteiger partial charge < -0.3 is 15.1 Å². The summed E-state index contributed by atoms with van der Waals surface area (Å²) in [6.45, 7) is 3.54. The van der Waals surface area contributed by atoms with E-state index in [1.807, 2.05) is 43.3 Å². The Hall–Kier alpha value is -3.68. The minimum Gasteiger partial charge on any atom is -0.467 e. The first-order valence-corrected chi connectivity index (χ1v) is 9.44. The number of furan rings is 1. The quantitative estimate of drug-likeness (QED) is 0.480. The third-order valence-corrected chi connectivity index (χ3v) is 4.54. The number of nitrogens with one attached hydrogen (secondary N) is 2. The number of rotatable bonds is 8. The van der Waals surface area contributed by atoms with Gasteiger partial charge >= 0.3 is 0 Å². The molecule has 0 aliphatic heterocycles. The largest absolute Gasteiger partial charge is 0.467 e. The van der Waals surface area contributed by atoms with E-state index in [-0.39, 0.29) is 5.91 Å². The van der Waals surface area contributed by atoms with E-state index in [2.05, 4.69) is 25.7 Å². The number of fused-ring (bicyclic) bond motifs is 1. The molecule has 3 heterocycles. The monoisotopic (exact) mass is 390 g/mol. The fourth-order valence-electron chi connectivity index (χ4n) is 3.15. The highest BCUT2D eigenvalue weighted by Gasteiger charge is 2.10. The number of amides is 1. The van der Waals surface area contributed by atoms with Crippen LogP contribution in [0.3, 0.4) is 0 Å². The highest BCUT2D eigenvalue weighted by Crippen LogP contribution is 2.19. The maximum Gasteiger partial charge on any atom is 0.224 e. The number of carbonyl (C=O) groups excluding carboxylic acids is 1. The van der Waals surface area contributed by atoms with Crippen LogP contribution in [-0.2, 0) is 24.3 Å². The molecule has 29 heavy (non-hydrogen) atoms. The van der Waals surface area contributed by atoms with Crippen molar-refractivity contribution in [1.82, 2.24) is 25.1 Å². The van der Waals surface area contributed by atoms with Crippen LogP contribution in [0.2, 0.25) is 0 Å². The van der Waals surface area contributed by atoms with Crippen molar-refractivity contribution >= 4 is 22.8 Å². The first-order valence-electron chi connectivity index (χ1n) is 9.44. The lowest BCUT2D eigenvalue weighted by molar-refractivity contribution is -0.120. The third-order valence-electron chi connectivity index (χ3n) is 4.54. The van der Waals surface area contributed by atoms with Crippen LogP contribution in [0, 0.1) is 6.92 Å². The summed E-state index contributed by atoms with van der Waals surface area (Å²) in [7, 11) is 0. The molecule has 0 radical (unpaired) electrons. The zero-order chi connectivity index (χ0) is 20.1. The van der Waals surface area contributed by atoms with E-state index in [1.165, 1.54) is 6.33 Å². The molecular formula is C21H22N6O2. The van der Waals surface area contributed by atoms with Crippen molar-refractivity contribution in [1.29, 1.82) is 0 Å². The average molecular weight is 390 g/mol. The molecule has 1 amide bonds. The number of carbonyl (C=O) groups is 1. The van der Waals surface area contributed by atoms with Crippen LogP contribution in [0.15, 0.2) is 59.6 Å². The number of anilines is 1. The summed E-state index contributed by atoms with van der Waals surface area (Å²) in [5.74, 6) is 1.50. The van der Waals surface area contributed by atoms with E-state index in [1.54, 1.807) is 17.1 Å². The second kappa shape index (κ2) is 8.55. The summed E-state index contributed by atoms with van der Waals surface area (Å²) in [6.07, 6.45) is 5.23. The maximum atomic E-state index is 12.2. The van der Waals surface area contributed by atoms with Gasteiger partial charge in [-0.05, 0) is 24.6 Å². The van der Waals surface area contributed by atoms with Gasteiger partial charge in [-0.3, -0.25) is 4.79 Å². The van der Waals surface area contributed by atoms with Crippen LogP contribution in [0.5, 0.6) is 0 Å². The first kappa shape index (κ1) is 18.7. The first-order chi connectivity index (χ1) is 14.2. The molecule has 0 aliphatic carbocycles. The Kier molecular flexibility index (Phi) is 5.51. The van der Waals surface area contributed by atoms with E-state index in [0.717, 1.165) is 27.9 Å². The SMILES string of the molecule is Cc1cccc(CC(=O)NCCn2ncc3c(NCc4ccco4)ncnc32)c1. The van der Waals surface area contributed by atoms with Gasteiger partial charge in [0.1, 0.15) is 17.9 Å². The molecule has 8 heteroatoms. The van der Waals surface area contributed by atoms with E-state index in [9.17, 15) is 4.79 Å². The lowest BCUT2D eigenvalue weighted by atomic mass is 10.1. The van der Waals surface area contributed by atoms with Crippen molar-refractivity contribution in [3.63, 3.8) is 0 Å². The molecule has 148 valence electrons. The molecule has 0 unspecified atom stereocenters. The summed E-state index contributed by atoms with van der Waals surface area (Å²) in [4.78, 5) is 20.8. The van der Waals surface area contributed by atoms with Crippen molar-refractivity contribution in [3.05, 3.63) is 72.1 Å².